The van der Waals surface area contributed by atoms with E-state index in [0.29, 0.717) is 0 Å². The Morgan fingerprint density at radius 2 is 2.14 bits per heavy atom. The van der Waals surface area contributed by atoms with Crippen molar-refractivity contribution < 1.29 is 4.79 Å². The van der Waals surface area contributed by atoms with Gasteiger partial charge in [-0.15, -0.1) is 0 Å². The lowest BCUT2D eigenvalue weighted by Crippen LogP contribution is -2.43. The van der Waals surface area contributed by atoms with E-state index in [0.717, 1.165) is 32.1 Å². The molecule has 1 unspecified atom stereocenters. The zero-order valence-electron chi connectivity index (χ0n) is 8.20. The van der Waals surface area contributed by atoms with Crippen molar-refractivity contribution in [2.24, 2.45) is 0 Å². The molecule has 0 radical (unpaired) electrons. The Hall–Kier alpha value is -1.15. The van der Waals surface area contributed by atoms with Crippen molar-refractivity contribution in [2.45, 2.75) is 24.8 Å². The highest BCUT2D eigenvalue weighted by atomic mass is 16.1. The van der Waals surface area contributed by atoms with Crippen LogP contribution in [0.5, 0.6) is 0 Å². The molecule has 74 valence electrons. The maximum atomic E-state index is 11.1. The van der Waals surface area contributed by atoms with Crippen LogP contribution < -0.4 is 5.32 Å². The molecule has 0 amide bonds. The van der Waals surface area contributed by atoms with Crippen molar-refractivity contribution in [1.29, 1.82) is 0 Å². The lowest BCUT2D eigenvalue weighted by atomic mass is 9.91. The zero-order chi connectivity index (χ0) is 9.86. The topological polar surface area (TPSA) is 29.1 Å². The summed E-state index contributed by atoms with van der Waals surface area (Å²) in [7, 11) is 0. The van der Waals surface area contributed by atoms with Crippen LogP contribution in [0, 0.1) is 0 Å². The molecule has 0 bridgehead atoms. The van der Waals surface area contributed by atoms with Gasteiger partial charge in [0.05, 0.1) is 5.54 Å². The third kappa shape index (κ3) is 1.85. The maximum absolute atomic E-state index is 11.1. The van der Waals surface area contributed by atoms with Crippen LogP contribution >= 0.6 is 0 Å². The number of nitrogens with one attached hydrogen (secondary N) is 1. The molecular formula is C12H15NO. The molecule has 1 saturated heterocycles. The average molecular weight is 189 g/mol. The minimum atomic E-state index is -0.290. The Labute approximate surface area is 84.3 Å². The van der Waals surface area contributed by atoms with E-state index in [2.05, 4.69) is 17.4 Å². The van der Waals surface area contributed by atoms with E-state index in [-0.39, 0.29) is 5.54 Å². The molecule has 1 aromatic rings. The first-order valence-electron chi connectivity index (χ1n) is 5.10. The van der Waals surface area contributed by atoms with Gasteiger partial charge < -0.3 is 10.1 Å². The van der Waals surface area contributed by atoms with E-state index < -0.39 is 0 Å². The molecule has 1 atom stereocenters. The number of rotatable bonds is 3. The van der Waals surface area contributed by atoms with Crippen LogP contribution in [0.4, 0.5) is 0 Å². The molecule has 2 heteroatoms. The van der Waals surface area contributed by atoms with Gasteiger partial charge in [0.15, 0.2) is 0 Å². The van der Waals surface area contributed by atoms with Crippen LogP contribution in [0.3, 0.4) is 0 Å². The number of benzene rings is 1. The first-order valence-corrected chi connectivity index (χ1v) is 5.10. The summed E-state index contributed by atoms with van der Waals surface area (Å²) in [6, 6.07) is 10.2. The summed E-state index contributed by atoms with van der Waals surface area (Å²) < 4.78 is 0. The summed E-state index contributed by atoms with van der Waals surface area (Å²) >= 11 is 0. The number of hydrogen-bond donors (Lipinski definition) is 1. The lowest BCUT2D eigenvalue weighted by molar-refractivity contribution is -0.112. The summed E-state index contributed by atoms with van der Waals surface area (Å²) in [4.78, 5) is 11.1. The molecular weight excluding hydrogens is 174 g/mol. The molecule has 1 N–H and O–H groups in total. The number of carbonyl (C=O) groups is 1. The Kier molecular flexibility index (Phi) is 2.64. The summed E-state index contributed by atoms with van der Waals surface area (Å²) in [6.45, 7) is 0.964. The fraction of sp³-hybridized carbons (Fsp3) is 0.417. The fourth-order valence-corrected chi connectivity index (χ4v) is 2.08. The smallest absolute Gasteiger partial charge is 0.140 e. The molecule has 2 rings (SSSR count). The van der Waals surface area contributed by atoms with Crippen LogP contribution in [-0.4, -0.2) is 18.4 Å². The second kappa shape index (κ2) is 3.93. The summed E-state index contributed by atoms with van der Waals surface area (Å²) in [5, 5.41) is 3.30. The molecule has 0 aromatic heterocycles. The van der Waals surface area contributed by atoms with Crippen LogP contribution in [0.15, 0.2) is 30.3 Å². The molecule has 14 heavy (non-hydrogen) atoms. The van der Waals surface area contributed by atoms with E-state index in [1.54, 1.807) is 0 Å². The first-order chi connectivity index (χ1) is 6.85. The van der Waals surface area contributed by atoms with Crippen molar-refractivity contribution in [2.75, 3.05) is 6.54 Å². The minimum Gasteiger partial charge on any atom is -0.305 e. The van der Waals surface area contributed by atoms with Crippen LogP contribution in [0.1, 0.15) is 18.4 Å². The molecule has 1 aromatic carbocycles. The largest absolute Gasteiger partial charge is 0.305 e. The third-order valence-electron chi connectivity index (χ3n) is 2.86. The van der Waals surface area contributed by atoms with Crippen molar-refractivity contribution in [3.05, 3.63) is 35.9 Å². The standard InChI is InChI=1S/C12H15NO/c14-10-12(7-4-8-13-12)9-11-5-2-1-3-6-11/h1-3,5-6,10,13H,4,7-9H2. The zero-order valence-corrected chi connectivity index (χ0v) is 8.20. The van der Waals surface area contributed by atoms with E-state index in [1.165, 1.54) is 5.56 Å². The number of aldehydes is 1. The lowest BCUT2D eigenvalue weighted by Gasteiger charge is -2.22. The van der Waals surface area contributed by atoms with E-state index >= 15 is 0 Å². The molecule has 1 fully saturated rings. The van der Waals surface area contributed by atoms with Crippen LogP contribution in [0.25, 0.3) is 0 Å². The number of carbonyl (C=O) groups excluding carboxylic acids is 1. The fourth-order valence-electron chi connectivity index (χ4n) is 2.08. The molecule has 0 aliphatic carbocycles. The highest BCUT2D eigenvalue weighted by molar-refractivity contribution is 5.65. The monoisotopic (exact) mass is 189 g/mol. The van der Waals surface area contributed by atoms with Gasteiger partial charge in [0, 0.05) is 0 Å². The van der Waals surface area contributed by atoms with Crippen LogP contribution in [-0.2, 0) is 11.2 Å². The Balaban J connectivity index is 2.12. The second-order valence-electron chi connectivity index (χ2n) is 3.97. The van der Waals surface area contributed by atoms with Gasteiger partial charge in [-0.05, 0) is 31.4 Å². The maximum Gasteiger partial charge on any atom is 0.140 e. The molecule has 2 nitrogen and oxygen atoms in total. The average Bonchev–Trinajstić information content (AvgIpc) is 2.69. The van der Waals surface area contributed by atoms with Crippen molar-refractivity contribution in [3.8, 4) is 0 Å². The van der Waals surface area contributed by atoms with Crippen molar-refractivity contribution in [1.82, 2.24) is 5.32 Å². The van der Waals surface area contributed by atoms with Crippen molar-refractivity contribution in [3.63, 3.8) is 0 Å². The van der Waals surface area contributed by atoms with Gasteiger partial charge in [0.2, 0.25) is 0 Å². The second-order valence-corrected chi connectivity index (χ2v) is 3.97. The highest BCUT2D eigenvalue weighted by Gasteiger charge is 2.32. The normalized spacial score (nSPS) is 26.3. The quantitative estimate of drug-likeness (QED) is 0.731. The molecule has 1 heterocycles. The molecule has 1 aliphatic rings. The highest BCUT2D eigenvalue weighted by Crippen LogP contribution is 2.21. The van der Waals surface area contributed by atoms with Crippen molar-refractivity contribution >= 4 is 6.29 Å². The van der Waals surface area contributed by atoms with Gasteiger partial charge in [-0.1, -0.05) is 30.3 Å². The van der Waals surface area contributed by atoms with Gasteiger partial charge in [-0.2, -0.15) is 0 Å². The summed E-state index contributed by atoms with van der Waals surface area (Å²) in [5.74, 6) is 0. The predicted octanol–water partition coefficient (Wildman–Crippen LogP) is 1.55. The van der Waals surface area contributed by atoms with E-state index in [4.69, 9.17) is 0 Å². The third-order valence-corrected chi connectivity index (χ3v) is 2.86. The first kappa shape index (κ1) is 9.41. The van der Waals surface area contributed by atoms with Gasteiger partial charge >= 0.3 is 0 Å². The van der Waals surface area contributed by atoms with Gasteiger partial charge in [0.1, 0.15) is 6.29 Å². The predicted molar refractivity (Wildman–Crippen MR) is 56.2 cm³/mol. The van der Waals surface area contributed by atoms with Gasteiger partial charge in [0.25, 0.3) is 0 Å². The Bertz CT molecular complexity index is 301. The summed E-state index contributed by atoms with van der Waals surface area (Å²) in [5.41, 5.74) is 0.940. The van der Waals surface area contributed by atoms with E-state index in [9.17, 15) is 4.79 Å². The Morgan fingerprint density at radius 3 is 2.71 bits per heavy atom. The van der Waals surface area contributed by atoms with Gasteiger partial charge in [-0.25, -0.2) is 0 Å². The molecule has 0 spiro atoms. The van der Waals surface area contributed by atoms with Gasteiger partial charge in [-0.3, -0.25) is 0 Å². The SMILES string of the molecule is O=CC1(Cc2ccccc2)CCCN1. The molecule has 1 aliphatic heterocycles. The van der Waals surface area contributed by atoms with E-state index in [1.807, 2.05) is 18.2 Å². The molecule has 0 saturated carbocycles. The summed E-state index contributed by atoms with van der Waals surface area (Å²) in [6.07, 6.45) is 3.96. The number of hydrogen-bond acceptors (Lipinski definition) is 2. The van der Waals surface area contributed by atoms with Crippen LogP contribution in [0.2, 0.25) is 0 Å². The Morgan fingerprint density at radius 1 is 1.36 bits per heavy atom. The minimum absolute atomic E-state index is 0.290.